The minimum Gasteiger partial charge on any atom is -0.360 e. The van der Waals surface area contributed by atoms with Crippen molar-refractivity contribution < 1.29 is 4.79 Å². The second-order valence-electron chi connectivity index (χ2n) is 9.19. The van der Waals surface area contributed by atoms with Crippen LogP contribution in [0.2, 0.25) is 0 Å². The third-order valence-corrected chi connectivity index (χ3v) is 7.41. The van der Waals surface area contributed by atoms with Gasteiger partial charge in [-0.2, -0.15) is 0 Å². The van der Waals surface area contributed by atoms with E-state index in [4.69, 9.17) is 0 Å². The predicted octanol–water partition coefficient (Wildman–Crippen LogP) is 5.76. The number of carbonyl (C=O) groups is 1. The van der Waals surface area contributed by atoms with Crippen LogP contribution < -0.4 is 15.8 Å². The van der Waals surface area contributed by atoms with E-state index in [1.807, 2.05) is 35.3 Å². The second-order valence-corrected chi connectivity index (χ2v) is 9.19. The maximum atomic E-state index is 13.2. The highest BCUT2D eigenvalue weighted by atomic mass is 16.2. The number of benzene rings is 4. The van der Waals surface area contributed by atoms with Gasteiger partial charge in [-0.05, 0) is 66.9 Å². The van der Waals surface area contributed by atoms with Crippen LogP contribution in [-0.2, 0) is 5.41 Å². The van der Waals surface area contributed by atoms with Crippen molar-refractivity contribution in [2.75, 3.05) is 10.3 Å². The highest BCUT2D eigenvalue weighted by molar-refractivity contribution is 6.00. The monoisotopic (exact) mass is 419 g/mol. The van der Waals surface area contributed by atoms with Gasteiger partial charge in [-0.25, -0.2) is 0 Å². The first-order valence-electron chi connectivity index (χ1n) is 11.0. The van der Waals surface area contributed by atoms with Gasteiger partial charge < -0.3 is 5.32 Å². The van der Waals surface area contributed by atoms with Crippen molar-refractivity contribution in [3.8, 4) is 0 Å². The lowest BCUT2D eigenvalue weighted by Crippen LogP contribution is -2.62. The van der Waals surface area contributed by atoms with Crippen molar-refractivity contribution in [3.63, 3.8) is 0 Å². The van der Waals surface area contributed by atoms with Gasteiger partial charge in [0.15, 0.2) is 0 Å². The van der Waals surface area contributed by atoms with E-state index in [2.05, 4.69) is 86.1 Å². The average molecular weight is 420 g/mol. The number of anilines is 2. The Hall–Kier alpha value is -3.79. The van der Waals surface area contributed by atoms with Gasteiger partial charge in [-0.1, -0.05) is 66.2 Å². The molecule has 0 aliphatic carbocycles. The number of fused-ring (bicyclic) bond motifs is 7. The summed E-state index contributed by atoms with van der Waals surface area (Å²) in [4.78, 5) is 13.2. The fourth-order valence-electron chi connectivity index (χ4n) is 5.65. The first-order chi connectivity index (χ1) is 15.4. The summed E-state index contributed by atoms with van der Waals surface area (Å²) in [7, 11) is 0. The lowest BCUT2D eigenvalue weighted by molar-refractivity contribution is 0.0936. The number of nitrogens with zero attached hydrogens (tertiary/aromatic N) is 1. The minimum atomic E-state index is -0.567. The Morgan fingerprint density at radius 3 is 2.47 bits per heavy atom. The molecule has 0 saturated carbocycles. The van der Waals surface area contributed by atoms with Crippen molar-refractivity contribution >= 4 is 28.1 Å². The molecule has 1 amide bonds. The van der Waals surface area contributed by atoms with E-state index >= 15 is 0 Å². The second kappa shape index (κ2) is 6.36. The highest BCUT2D eigenvalue weighted by Gasteiger charge is 2.63. The van der Waals surface area contributed by atoms with Crippen LogP contribution in [0.5, 0.6) is 0 Å². The van der Waals surface area contributed by atoms with Crippen LogP contribution in [-0.4, -0.2) is 11.6 Å². The number of rotatable bonds is 2. The lowest BCUT2D eigenvalue weighted by Gasteiger charge is -2.42. The first kappa shape index (κ1) is 18.9. The van der Waals surface area contributed by atoms with E-state index in [0.29, 0.717) is 5.56 Å². The van der Waals surface area contributed by atoms with E-state index in [-0.39, 0.29) is 11.3 Å². The minimum absolute atomic E-state index is 0.121. The Labute approximate surface area is 187 Å². The topological polar surface area (TPSA) is 44.4 Å². The van der Waals surface area contributed by atoms with Crippen LogP contribution in [0.15, 0.2) is 84.9 Å². The summed E-state index contributed by atoms with van der Waals surface area (Å²) < 4.78 is 0. The summed E-state index contributed by atoms with van der Waals surface area (Å²) in [5.74, 6) is -0.121. The van der Waals surface area contributed by atoms with Gasteiger partial charge in [0.05, 0.1) is 11.1 Å². The molecule has 0 bridgehead atoms. The third-order valence-electron chi connectivity index (χ3n) is 7.41. The zero-order chi connectivity index (χ0) is 22.1. The Balaban J connectivity index is 1.60. The van der Waals surface area contributed by atoms with Gasteiger partial charge in [0, 0.05) is 11.3 Å². The fraction of sp³-hybridized carbons (Fsp3) is 0.179. The van der Waals surface area contributed by atoms with E-state index in [1.54, 1.807) is 0 Å². The van der Waals surface area contributed by atoms with Crippen LogP contribution >= 0.6 is 0 Å². The molecule has 2 heterocycles. The molecule has 0 radical (unpaired) electrons. The van der Waals surface area contributed by atoms with Gasteiger partial charge in [0.1, 0.15) is 5.66 Å². The number of nitrogens with one attached hydrogen (secondary N) is 2. The summed E-state index contributed by atoms with van der Waals surface area (Å²) in [6, 6.07) is 28.8. The molecular formula is C28H25N3O. The predicted molar refractivity (Wildman–Crippen MR) is 130 cm³/mol. The van der Waals surface area contributed by atoms with Crippen LogP contribution in [0.4, 0.5) is 11.4 Å². The largest absolute Gasteiger partial charge is 0.360 e. The molecular weight excluding hydrogens is 394 g/mol. The van der Waals surface area contributed by atoms with Gasteiger partial charge >= 0.3 is 0 Å². The van der Waals surface area contributed by atoms with Crippen LogP contribution in [0.1, 0.15) is 40.9 Å². The molecule has 4 aromatic rings. The molecule has 2 aliphatic heterocycles. The number of hydrazine groups is 1. The maximum Gasteiger partial charge on any atom is 0.269 e. The lowest BCUT2D eigenvalue weighted by atomic mass is 9.71. The van der Waals surface area contributed by atoms with E-state index in [9.17, 15) is 4.79 Å². The highest BCUT2D eigenvalue weighted by Crippen LogP contribution is 2.61. The quantitative estimate of drug-likeness (QED) is 0.434. The SMILES string of the molecule is Cc1ccc2c3c(ccc2c1)N(NC(=O)c1ccccc1)[C@@]1(C)Nc2ccccc2[C@@]31C. The van der Waals surface area contributed by atoms with Crippen LogP contribution in [0, 0.1) is 6.92 Å². The summed E-state index contributed by atoms with van der Waals surface area (Å²) in [5, 5.41) is 8.23. The molecule has 2 aliphatic rings. The number of hydrogen-bond acceptors (Lipinski definition) is 3. The normalized spacial score (nSPS) is 22.8. The Bertz CT molecular complexity index is 1400. The van der Waals surface area contributed by atoms with Gasteiger partial charge in [-0.3, -0.25) is 15.2 Å². The zero-order valence-corrected chi connectivity index (χ0v) is 18.4. The van der Waals surface area contributed by atoms with E-state index < -0.39 is 5.66 Å². The van der Waals surface area contributed by atoms with Crippen molar-refractivity contribution in [2.24, 2.45) is 0 Å². The number of para-hydroxylation sites is 1. The van der Waals surface area contributed by atoms with Crippen LogP contribution in [0.3, 0.4) is 0 Å². The van der Waals surface area contributed by atoms with Gasteiger partial charge in [0.25, 0.3) is 5.91 Å². The molecule has 0 unspecified atom stereocenters. The zero-order valence-electron chi connectivity index (χ0n) is 18.4. The average Bonchev–Trinajstić information content (AvgIpc) is 3.15. The smallest absolute Gasteiger partial charge is 0.269 e. The Morgan fingerprint density at radius 2 is 1.66 bits per heavy atom. The van der Waals surface area contributed by atoms with Crippen molar-refractivity contribution in [3.05, 3.63) is 107 Å². The number of hydrogen-bond donors (Lipinski definition) is 2. The van der Waals surface area contributed by atoms with E-state index in [1.165, 1.54) is 27.5 Å². The van der Waals surface area contributed by atoms with Gasteiger partial charge in [-0.15, -0.1) is 0 Å². The molecule has 0 saturated heterocycles. The molecule has 6 rings (SSSR count). The van der Waals surface area contributed by atoms with Crippen molar-refractivity contribution in [1.82, 2.24) is 5.43 Å². The number of aryl methyl sites for hydroxylation is 1. The summed E-state index contributed by atoms with van der Waals surface area (Å²) in [5.41, 5.74) is 8.79. The molecule has 0 fully saturated rings. The standard InChI is InChI=1S/C28H25N3O/c1-18-13-15-21-20(17-18)14-16-24-25(21)27(2)22-11-7-8-12-23(22)29-28(27,3)31(24)30-26(32)19-9-5-4-6-10-19/h4-17,29H,1-3H3,(H,30,32)/t27-,28+/m0/s1. The molecule has 2 atom stereocenters. The molecule has 2 N–H and O–H groups in total. The van der Waals surface area contributed by atoms with Crippen LogP contribution in [0.25, 0.3) is 10.8 Å². The maximum absolute atomic E-state index is 13.2. The first-order valence-corrected chi connectivity index (χ1v) is 11.0. The molecule has 158 valence electrons. The fourth-order valence-corrected chi connectivity index (χ4v) is 5.65. The summed E-state index contributed by atoms with van der Waals surface area (Å²) in [6.45, 7) is 6.59. The molecule has 4 nitrogen and oxygen atoms in total. The Morgan fingerprint density at radius 1 is 0.906 bits per heavy atom. The molecule has 0 aromatic heterocycles. The third kappa shape index (κ3) is 2.29. The molecule has 4 aromatic carbocycles. The molecule has 32 heavy (non-hydrogen) atoms. The summed E-state index contributed by atoms with van der Waals surface area (Å²) >= 11 is 0. The van der Waals surface area contributed by atoms with Crippen molar-refractivity contribution in [1.29, 1.82) is 0 Å². The molecule has 4 heteroatoms. The number of amides is 1. The van der Waals surface area contributed by atoms with Crippen molar-refractivity contribution in [2.45, 2.75) is 31.8 Å². The summed E-state index contributed by atoms with van der Waals surface area (Å²) in [6.07, 6.45) is 0. The number of carbonyl (C=O) groups excluding carboxylic acids is 1. The van der Waals surface area contributed by atoms with E-state index in [0.717, 1.165) is 11.4 Å². The van der Waals surface area contributed by atoms with Gasteiger partial charge in [0.2, 0.25) is 0 Å². The molecule has 0 spiro atoms. The Kier molecular flexibility index (Phi) is 3.76.